The van der Waals surface area contributed by atoms with Crippen LogP contribution in [0.25, 0.3) is 0 Å². The van der Waals surface area contributed by atoms with E-state index in [9.17, 15) is 19.2 Å². The molecule has 2 N–H and O–H groups in total. The van der Waals surface area contributed by atoms with Crippen LogP contribution in [-0.4, -0.2) is 47.4 Å². The van der Waals surface area contributed by atoms with Gasteiger partial charge in [0.15, 0.2) is 6.61 Å². The SMILES string of the molecule is C[C@]1(C2CC2)NC(=O)N(CC(=O)OCC(=O)Nc2ccccc2C#N)C1=O. The number of benzene rings is 1. The van der Waals surface area contributed by atoms with Crippen LogP contribution in [0.4, 0.5) is 10.5 Å². The second kappa shape index (κ2) is 7.07. The summed E-state index contributed by atoms with van der Waals surface area (Å²) in [4.78, 5) is 49.1. The van der Waals surface area contributed by atoms with Crippen LogP contribution >= 0.6 is 0 Å². The molecule has 1 heterocycles. The van der Waals surface area contributed by atoms with Gasteiger partial charge in [-0.15, -0.1) is 0 Å². The maximum Gasteiger partial charge on any atom is 0.326 e. The lowest BCUT2D eigenvalue weighted by molar-refractivity contribution is -0.150. The molecule has 1 aromatic rings. The fourth-order valence-corrected chi connectivity index (χ4v) is 2.99. The number of carbonyl (C=O) groups is 4. The van der Waals surface area contributed by atoms with Crippen LogP contribution in [0.2, 0.25) is 0 Å². The minimum Gasteiger partial charge on any atom is -0.454 e. The Labute approximate surface area is 155 Å². The second-order valence-corrected chi connectivity index (χ2v) is 6.66. The summed E-state index contributed by atoms with van der Waals surface area (Å²) in [6.45, 7) is 0.494. The first kappa shape index (κ1) is 18.4. The summed E-state index contributed by atoms with van der Waals surface area (Å²) in [6.07, 6.45) is 1.70. The van der Waals surface area contributed by atoms with Crippen LogP contribution in [0.15, 0.2) is 24.3 Å². The number of amides is 4. The number of para-hydroxylation sites is 1. The van der Waals surface area contributed by atoms with Gasteiger partial charge in [0.2, 0.25) is 0 Å². The van der Waals surface area contributed by atoms with Crippen molar-refractivity contribution in [2.45, 2.75) is 25.3 Å². The van der Waals surface area contributed by atoms with Crippen molar-refractivity contribution in [3.63, 3.8) is 0 Å². The highest BCUT2D eigenvalue weighted by Crippen LogP contribution is 2.42. The summed E-state index contributed by atoms with van der Waals surface area (Å²) in [5, 5.41) is 14.1. The molecule has 0 radical (unpaired) electrons. The molecule has 2 aliphatic rings. The van der Waals surface area contributed by atoms with Gasteiger partial charge in [-0.1, -0.05) is 12.1 Å². The molecule has 4 amide bonds. The van der Waals surface area contributed by atoms with Gasteiger partial charge in [0.25, 0.3) is 11.8 Å². The van der Waals surface area contributed by atoms with E-state index in [1.165, 1.54) is 6.07 Å². The number of hydrogen-bond donors (Lipinski definition) is 2. The topological polar surface area (TPSA) is 129 Å². The molecule has 1 atom stereocenters. The van der Waals surface area contributed by atoms with E-state index < -0.39 is 42.5 Å². The molecule has 27 heavy (non-hydrogen) atoms. The molecule has 1 aliphatic carbocycles. The third kappa shape index (κ3) is 3.74. The van der Waals surface area contributed by atoms with Crippen LogP contribution < -0.4 is 10.6 Å². The van der Waals surface area contributed by atoms with Gasteiger partial charge < -0.3 is 15.4 Å². The summed E-state index contributed by atoms with van der Waals surface area (Å²) in [7, 11) is 0. The molecular formula is C18H18N4O5. The zero-order chi connectivity index (χ0) is 19.6. The predicted molar refractivity (Wildman–Crippen MR) is 92.1 cm³/mol. The molecule has 0 unspecified atom stereocenters. The van der Waals surface area contributed by atoms with E-state index in [2.05, 4.69) is 10.6 Å². The van der Waals surface area contributed by atoms with Crippen molar-refractivity contribution >= 4 is 29.5 Å². The average molecular weight is 370 g/mol. The third-order valence-electron chi connectivity index (χ3n) is 4.67. The van der Waals surface area contributed by atoms with Crippen LogP contribution in [0.5, 0.6) is 0 Å². The smallest absolute Gasteiger partial charge is 0.326 e. The van der Waals surface area contributed by atoms with E-state index in [1.54, 1.807) is 25.1 Å². The number of nitrogens with one attached hydrogen (secondary N) is 2. The van der Waals surface area contributed by atoms with Crippen molar-refractivity contribution < 1.29 is 23.9 Å². The number of esters is 1. The number of hydrogen-bond acceptors (Lipinski definition) is 6. The fraction of sp³-hybridized carbons (Fsp3) is 0.389. The molecule has 1 saturated carbocycles. The molecule has 0 bridgehead atoms. The second-order valence-electron chi connectivity index (χ2n) is 6.66. The van der Waals surface area contributed by atoms with E-state index in [0.29, 0.717) is 5.69 Å². The fourth-order valence-electron chi connectivity index (χ4n) is 2.99. The molecule has 9 heteroatoms. The van der Waals surface area contributed by atoms with E-state index >= 15 is 0 Å². The van der Waals surface area contributed by atoms with Gasteiger partial charge >= 0.3 is 12.0 Å². The molecule has 2 fully saturated rings. The molecule has 0 spiro atoms. The number of imide groups is 1. The largest absolute Gasteiger partial charge is 0.454 e. The summed E-state index contributed by atoms with van der Waals surface area (Å²) >= 11 is 0. The number of urea groups is 1. The van der Waals surface area contributed by atoms with Crippen molar-refractivity contribution in [2.24, 2.45) is 5.92 Å². The molecule has 1 aromatic carbocycles. The maximum absolute atomic E-state index is 12.4. The van der Waals surface area contributed by atoms with Gasteiger partial charge in [-0.2, -0.15) is 5.26 Å². The average Bonchev–Trinajstić information content (AvgIpc) is 3.47. The van der Waals surface area contributed by atoms with Crippen molar-refractivity contribution in [3.8, 4) is 6.07 Å². The number of ether oxygens (including phenoxy) is 1. The lowest BCUT2D eigenvalue weighted by Crippen LogP contribution is -2.46. The Balaban J connectivity index is 1.51. The Morgan fingerprint density at radius 3 is 2.74 bits per heavy atom. The number of carbonyl (C=O) groups excluding carboxylic acids is 4. The highest BCUT2D eigenvalue weighted by molar-refractivity contribution is 6.09. The van der Waals surface area contributed by atoms with E-state index in [1.807, 2.05) is 6.07 Å². The van der Waals surface area contributed by atoms with Crippen LogP contribution in [-0.2, 0) is 19.1 Å². The molecule has 9 nitrogen and oxygen atoms in total. The van der Waals surface area contributed by atoms with Crippen molar-refractivity contribution in [2.75, 3.05) is 18.5 Å². The zero-order valence-corrected chi connectivity index (χ0v) is 14.7. The minimum absolute atomic E-state index is 0.0842. The van der Waals surface area contributed by atoms with Gasteiger partial charge in [-0.05, 0) is 37.8 Å². The van der Waals surface area contributed by atoms with Gasteiger partial charge in [0.05, 0.1) is 11.3 Å². The number of anilines is 1. The quantitative estimate of drug-likeness (QED) is 0.562. The first-order chi connectivity index (χ1) is 12.8. The van der Waals surface area contributed by atoms with Gasteiger partial charge in [0, 0.05) is 0 Å². The van der Waals surface area contributed by atoms with Crippen molar-refractivity contribution in [1.29, 1.82) is 5.26 Å². The van der Waals surface area contributed by atoms with E-state index in [0.717, 1.165) is 17.7 Å². The minimum atomic E-state index is -0.976. The number of rotatable bonds is 6. The summed E-state index contributed by atoms with van der Waals surface area (Å²) in [6, 6.07) is 7.68. The lowest BCUT2D eigenvalue weighted by Gasteiger charge is -2.20. The summed E-state index contributed by atoms with van der Waals surface area (Å²) in [5.41, 5.74) is -0.401. The Bertz CT molecular complexity index is 858. The Kier molecular flexibility index (Phi) is 4.81. The molecule has 0 aromatic heterocycles. The molecule has 140 valence electrons. The molecule has 1 saturated heterocycles. The molecule has 1 aliphatic heterocycles. The normalized spacial score (nSPS) is 21.4. The van der Waals surface area contributed by atoms with Crippen LogP contribution in [0, 0.1) is 17.2 Å². The van der Waals surface area contributed by atoms with E-state index in [-0.39, 0.29) is 11.5 Å². The van der Waals surface area contributed by atoms with Gasteiger partial charge in [-0.25, -0.2) is 4.79 Å². The van der Waals surface area contributed by atoms with Gasteiger partial charge in [-0.3, -0.25) is 19.3 Å². The number of nitrogens with zero attached hydrogens (tertiary/aromatic N) is 2. The Morgan fingerprint density at radius 2 is 2.07 bits per heavy atom. The first-order valence-corrected chi connectivity index (χ1v) is 8.44. The third-order valence-corrected chi connectivity index (χ3v) is 4.67. The summed E-state index contributed by atoms with van der Waals surface area (Å²) in [5.74, 6) is -1.88. The molecule has 3 rings (SSSR count). The van der Waals surface area contributed by atoms with Gasteiger partial charge in [0.1, 0.15) is 18.2 Å². The van der Waals surface area contributed by atoms with E-state index in [4.69, 9.17) is 10.00 Å². The Hall–Kier alpha value is -3.41. The predicted octanol–water partition coefficient (Wildman–Crippen LogP) is 0.760. The van der Waals surface area contributed by atoms with Crippen LogP contribution in [0.1, 0.15) is 25.3 Å². The summed E-state index contributed by atoms with van der Waals surface area (Å²) < 4.78 is 4.84. The number of nitriles is 1. The first-order valence-electron chi connectivity index (χ1n) is 8.44. The Morgan fingerprint density at radius 1 is 1.37 bits per heavy atom. The highest BCUT2D eigenvalue weighted by Gasteiger charge is 2.56. The van der Waals surface area contributed by atoms with Crippen LogP contribution in [0.3, 0.4) is 0 Å². The van der Waals surface area contributed by atoms with Crippen molar-refractivity contribution in [1.82, 2.24) is 10.2 Å². The highest BCUT2D eigenvalue weighted by atomic mass is 16.5. The monoisotopic (exact) mass is 370 g/mol. The zero-order valence-electron chi connectivity index (χ0n) is 14.7. The lowest BCUT2D eigenvalue weighted by atomic mass is 9.96. The van der Waals surface area contributed by atoms with Crippen molar-refractivity contribution in [3.05, 3.63) is 29.8 Å². The maximum atomic E-state index is 12.4. The standard InChI is InChI=1S/C18H18N4O5/c1-18(12-6-7-12)16(25)22(17(26)21-18)9-15(24)27-10-14(23)20-13-5-3-2-4-11(13)8-19/h2-5,12H,6-7,9-10H2,1H3,(H,20,23)(H,21,26)/t18-/m1/s1. The molecular weight excluding hydrogens is 352 g/mol.